The first-order valence-electron chi connectivity index (χ1n) is 7.77. The van der Waals surface area contributed by atoms with Gasteiger partial charge in [-0.15, -0.1) is 0 Å². The number of nitrogens with zero attached hydrogens (tertiary/aromatic N) is 4. The fraction of sp³-hybridized carbons (Fsp3) is 0.0556. The topological polar surface area (TPSA) is 75.9 Å². The standard InChI is InChI=1S/C18H13Cl2N5O/c19-13-2-1-3-14(20)17(13)25-9-12-15(24-25)5-7-22-18(12)23-16-8-11(10-26)4-6-21-16/h1-9,26H,10H2,(H,21,22,23). The van der Waals surface area contributed by atoms with Gasteiger partial charge in [0.2, 0.25) is 0 Å². The Morgan fingerprint density at radius 2 is 1.81 bits per heavy atom. The van der Waals surface area contributed by atoms with Crippen molar-refractivity contribution in [1.82, 2.24) is 19.7 Å². The number of para-hydroxylation sites is 1. The molecule has 0 unspecified atom stereocenters. The summed E-state index contributed by atoms with van der Waals surface area (Å²) < 4.78 is 1.64. The number of hydrogen-bond acceptors (Lipinski definition) is 5. The number of rotatable bonds is 4. The van der Waals surface area contributed by atoms with E-state index in [2.05, 4.69) is 20.4 Å². The second kappa shape index (κ2) is 6.92. The number of fused-ring (bicyclic) bond motifs is 1. The van der Waals surface area contributed by atoms with Crippen LogP contribution in [0.1, 0.15) is 5.56 Å². The lowest BCUT2D eigenvalue weighted by Gasteiger charge is -2.06. The zero-order valence-electron chi connectivity index (χ0n) is 13.4. The number of hydrogen-bond donors (Lipinski definition) is 2. The molecule has 0 saturated carbocycles. The molecule has 0 atom stereocenters. The Hall–Kier alpha value is -2.67. The van der Waals surface area contributed by atoms with Gasteiger partial charge in [0.05, 0.1) is 27.6 Å². The van der Waals surface area contributed by atoms with Gasteiger partial charge in [-0.3, -0.25) is 0 Å². The summed E-state index contributed by atoms with van der Waals surface area (Å²) in [6.45, 7) is -0.0578. The van der Waals surface area contributed by atoms with Crippen LogP contribution in [0.25, 0.3) is 16.6 Å². The average molecular weight is 386 g/mol. The molecule has 3 aromatic heterocycles. The Labute approximate surface area is 159 Å². The van der Waals surface area contributed by atoms with E-state index in [9.17, 15) is 5.11 Å². The summed E-state index contributed by atoms with van der Waals surface area (Å²) in [6, 6.07) is 10.6. The van der Waals surface area contributed by atoms with Crippen LogP contribution in [0.5, 0.6) is 0 Å². The first-order valence-corrected chi connectivity index (χ1v) is 8.53. The van der Waals surface area contributed by atoms with Crippen LogP contribution in [-0.4, -0.2) is 24.9 Å². The van der Waals surface area contributed by atoms with Crippen molar-refractivity contribution in [3.8, 4) is 5.69 Å². The smallest absolute Gasteiger partial charge is 0.142 e. The highest BCUT2D eigenvalue weighted by Crippen LogP contribution is 2.31. The van der Waals surface area contributed by atoms with Gasteiger partial charge in [-0.1, -0.05) is 29.3 Å². The summed E-state index contributed by atoms with van der Waals surface area (Å²) in [7, 11) is 0. The first kappa shape index (κ1) is 16.8. The van der Waals surface area contributed by atoms with Crippen molar-refractivity contribution in [2.45, 2.75) is 6.61 Å². The van der Waals surface area contributed by atoms with Crippen molar-refractivity contribution in [2.75, 3.05) is 5.32 Å². The lowest BCUT2D eigenvalue weighted by molar-refractivity contribution is 0.282. The highest BCUT2D eigenvalue weighted by Gasteiger charge is 2.13. The number of benzene rings is 1. The predicted octanol–water partition coefficient (Wildman–Crippen LogP) is 4.36. The molecule has 0 fully saturated rings. The average Bonchev–Trinajstić information content (AvgIpc) is 3.06. The first-order chi connectivity index (χ1) is 12.7. The van der Waals surface area contributed by atoms with E-state index in [0.717, 1.165) is 16.5 Å². The minimum Gasteiger partial charge on any atom is -0.392 e. The maximum atomic E-state index is 9.27. The number of aliphatic hydroxyl groups is 1. The summed E-state index contributed by atoms with van der Waals surface area (Å²) in [4.78, 5) is 8.63. The van der Waals surface area contributed by atoms with E-state index in [1.807, 2.05) is 6.20 Å². The van der Waals surface area contributed by atoms with Crippen LogP contribution < -0.4 is 5.32 Å². The molecular weight excluding hydrogens is 373 g/mol. The molecule has 0 saturated heterocycles. The quantitative estimate of drug-likeness (QED) is 0.545. The monoisotopic (exact) mass is 385 g/mol. The van der Waals surface area contributed by atoms with Crippen molar-refractivity contribution >= 4 is 45.7 Å². The van der Waals surface area contributed by atoms with Gasteiger partial charge in [0, 0.05) is 18.6 Å². The van der Waals surface area contributed by atoms with E-state index in [1.165, 1.54) is 0 Å². The molecule has 0 aliphatic carbocycles. The molecule has 6 nitrogen and oxygen atoms in total. The molecule has 4 aromatic rings. The van der Waals surface area contributed by atoms with E-state index < -0.39 is 0 Å². The molecular formula is C18H13Cl2N5O. The van der Waals surface area contributed by atoms with Crippen LogP contribution in [0.15, 0.2) is 55.0 Å². The van der Waals surface area contributed by atoms with Gasteiger partial charge in [0.15, 0.2) is 0 Å². The summed E-state index contributed by atoms with van der Waals surface area (Å²) in [5.41, 5.74) is 2.10. The van der Waals surface area contributed by atoms with Crippen LogP contribution in [-0.2, 0) is 6.61 Å². The minimum atomic E-state index is -0.0578. The Kier molecular flexibility index (Phi) is 4.46. The minimum absolute atomic E-state index is 0.0578. The van der Waals surface area contributed by atoms with E-state index in [0.29, 0.717) is 27.4 Å². The molecule has 4 rings (SSSR count). The Balaban J connectivity index is 1.79. The number of pyridine rings is 2. The van der Waals surface area contributed by atoms with Gasteiger partial charge in [-0.2, -0.15) is 5.10 Å². The number of aromatic nitrogens is 4. The fourth-order valence-electron chi connectivity index (χ4n) is 2.63. The van der Waals surface area contributed by atoms with Crippen LogP contribution in [0.3, 0.4) is 0 Å². The summed E-state index contributed by atoms with van der Waals surface area (Å²) in [5, 5.41) is 18.8. The molecule has 0 amide bonds. The number of aliphatic hydroxyl groups excluding tert-OH is 1. The maximum absolute atomic E-state index is 9.27. The summed E-state index contributed by atoms with van der Waals surface area (Å²) in [5.74, 6) is 1.18. The molecule has 8 heteroatoms. The lowest BCUT2D eigenvalue weighted by Crippen LogP contribution is -1.97. The van der Waals surface area contributed by atoms with Gasteiger partial charge in [0.1, 0.15) is 17.3 Å². The van der Waals surface area contributed by atoms with E-state index in [4.69, 9.17) is 23.2 Å². The van der Waals surface area contributed by atoms with Crippen molar-refractivity contribution in [3.63, 3.8) is 0 Å². The van der Waals surface area contributed by atoms with Crippen molar-refractivity contribution < 1.29 is 5.11 Å². The van der Waals surface area contributed by atoms with Crippen molar-refractivity contribution in [2.24, 2.45) is 0 Å². The van der Waals surface area contributed by atoms with Crippen LogP contribution in [0.4, 0.5) is 11.6 Å². The Bertz CT molecular complexity index is 1080. The molecule has 0 aliphatic heterocycles. The van der Waals surface area contributed by atoms with Gasteiger partial charge in [-0.25, -0.2) is 14.6 Å². The van der Waals surface area contributed by atoms with Gasteiger partial charge >= 0.3 is 0 Å². The molecule has 0 bridgehead atoms. The second-order valence-electron chi connectivity index (χ2n) is 5.57. The molecule has 0 radical (unpaired) electrons. The van der Waals surface area contributed by atoms with Crippen molar-refractivity contribution in [3.05, 3.63) is 70.6 Å². The molecule has 0 spiro atoms. The van der Waals surface area contributed by atoms with Gasteiger partial charge < -0.3 is 10.4 Å². The Morgan fingerprint density at radius 3 is 2.58 bits per heavy atom. The summed E-state index contributed by atoms with van der Waals surface area (Å²) >= 11 is 12.6. The molecule has 0 aliphatic rings. The molecule has 1 aromatic carbocycles. The zero-order valence-corrected chi connectivity index (χ0v) is 14.9. The number of anilines is 2. The Morgan fingerprint density at radius 1 is 1.04 bits per heavy atom. The van der Waals surface area contributed by atoms with Gasteiger partial charge in [0.25, 0.3) is 0 Å². The van der Waals surface area contributed by atoms with E-state index in [-0.39, 0.29) is 6.61 Å². The molecule has 130 valence electrons. The van der Waals surface area contributed by atoms with Crippen LogP contribution in [0.2, 0.25) is 10.0 Å². The van der Waals surface area contributed by atoms with Crippen LogP contribution >= 0.6 is 23.2 Å². The third kappa shape index (κ3) is 3.10. The second-order valence-corrected chi connectivity index (χ2v) is 6.38. The molecule has 3 heterocycles. The highest BCUT2D eigenvalue weighted by atomic mass is 35.5. The van der Waals surface area contributed by atoms with E-state index >= 15 is 0 Å². The van der Waals surface area contributed by atoms with Crippen LogP contribution in [0, 0.1) is 0 Å². The maximum Gasteiger partial charge on any atom is 0.142 e. The number of halogens is 2. The zero-order chi connectivity index (χ0) is 18.1. The van der Waals surface area contributed by atoms with Gasteiger partial charge in [-0.05, 0) is 35.9 Å². The third-order valence-electron chi connectivity index (χ3n) is 3.85. The SMILES string of the molecule is OCc1ccnc(Nc2nccc3nn(-c4c(Cl)cccc4Cl)cc23)c1. The molecule has 2 N–H and O–H groups in total. The summed E-state index contributed by atoms with van der Waals surface area (Å²) in [6.07, 6.45) is 5.10. The normalized spacial score (nSPS) is 11.0. The predicted molar refractivity (Wildman–Crippen MR) is 102 cm³/mol. The number of nitrogens with one attached hydrogen (secondary N) is 1. The van der Waals surface area contributed by atoms with E-state index in [1.54, 1.807) is 53.5 Å². The van der Waals surface area contributed by atoms with Crippen molar-refractivity contribution in [1.29, 1.82) is 0 Å². The lowest BCUT2D eigenvalue weighted by atomic mass is 10.2. The molecule has 26 heavy (non-hydrogen) atoms. The largest absolute Gasteiger partial charge is 0.392 e. The fourth-order valence-corrected chi connectivity index (χ4v) is 3.20. The highest BCUT2D eigenvalue weighted by molar-refractivity contribution is 6.37. The third-order valence-corrected chi connectivity index (χ3v) is 4.46.